The lowest BCUT2D eigenvalue weighted by Crippen LogP contribution is -2.64. The van der Waals surface area contributed by atoms with Gasteiger partial charge in [0.1, 0.15) is 23.6 Å². The number of hydrogen-bond donors (Lipinski definition) is 5. The number of amidine groups is 1. The van der Waals surface area contributed by atoms with Gasteiger partial charge < -0.3 is 15.9 Å². The molecule has 0 amide bonds. The van der Waals surface area contributed by atoms with E-state index in [1.165, 1.54) is 12.1 Å². The van der Waals surface area contributed by atoms with Crippen LogP contribution in [0, 0.1) is 12.3 Å². The van der Waals surface area contributed by atoms with E-state index in [0.29, 0.717) is 17.5 Å². The first-order valence-electron chi connectivity index (χ1n) is 12.5. The Morgan fingerprint density at radius 1 is 1.16 bits per heavy atom. The van der Waals surface area contributed by atoms with Crippen molar-refractivity contribution in [2.45, 2.75) is 55.4 Å². The molecule has 1 saturated heterocycles. The van der Waals surface area contributed by atoms with Gasteiger partial charge in [-0.25, -0.2) is 9.59 Å². The molecule has 1 aliphatic heterocycles. The molecule has 4 atom stereocenters. The molecule has 1 fully saturated rings. The zero-order valence-corrected chi connectivity index (χ0v) is 24.2. The van der Waals surface area contributed by atoms with Crippen molar-refractivity contribution in [1.82, 2.24) is 5.06 Å². The molecule has 0 aliphatic carbocycles. The number of likely N-dealkylation sites (N-methyl/N-ethyl adjacent to an activating group) is 1. The number of rotatable bonds is 10. The molecule has 0 bridgehead atoms. The van der Waals surface area contributed by atoms with Crippen LogP contribution in [0.5, 0.6) is 0 Å². The highest BCUT2D eigenvalue weighted by Gasteiger charge is 2.49. The Labute approximate surface area is 245 Å². The van der Waals surface area contributed by atoms with Crippen molar-refractivity contribution in [1.29, 1.82) is 5.41 Å². The fraction of sp³-hybridized carbons (Fsp3) is 0.385. The van der Waals surface area contributed by atoms with Gasteiger partial charge in [0.05, 0.1) is 18.6 Å². The summed E-state index contributed by atoms with van der Waals surface area (Å²) in [6, 6.07) is 11.3. The summed E-state index contributed by atoms with van der Waals surface area (Å²) < 4.78 is 56.8. The molecule has 13 nitrogen and oxygen atoms in total. The maximum absolute atomic E-state index is 13.2. The minimum Gasteiger partial charge on any atom is -0.477 e. The fourth-order valence-electron chi connectivity index (χ4n) is 4.31. The van der Waals surface area contributed by atoms with E-state index in [9.17, 15) is 36.3 Å². The second-order valence-electron chi connectivity index (χ2n) is 10.0. The quantitative estimate of drug-likeness (QED) is 0.0841. The van der Waals surface area contributed by atoms with Gasteiger partial charge in [-0.05, 0) is 36.6 Å². The second kappa shape index (κ2) is 13.6. The number of nitrogens with zero attached hydrogens (tertiary/aromatic N) is 2. The van der Waals surface area contributed by atoms with Gasteiger partial charge in [-0.15, -0.1) is 4.00 Å². The number of aliphatic carboxylic acids is 2. The molecule has 0 aromatic heterocycles. The summed E-state index contributed by atoms with van der Waals surface area (Å²) in [5, 5.41) is 26.1. The first-order chi connectivity index (χ1) is 19.7. The van der Waals surface area contributed by atoms with Gasteiger partial charge in [-0.2, -0.15) is 32.5 Å². The first-order valence-corrected chi connectivity index (χ1v) is 14.0. The third kappa shape index (κ3) is 8.80. The number of ketones is 1. The van der Waals surface area contributed by atoms with Crippen LogP contribution < -0.4 is 11.6 Å². The normalized spacial score (nSPS) is 19.4. The van der Waals surface area contributed by atoms with E-state index in [2.05, 4.69) is 0 Å². The molecular formula is C26H33F3N5O8S+. The summed E-state index contributed by atoms with van der Waals surface area (Å²) in [6.45, 7) is 1.71. The van der Waals surface area contributed by atoms with E-state index in [1.807, 2.05) is 12.1 Å². The molecule has 7 N–H and O–H groups in total. The molecule has 236 valence electrons. The van der Waals surface area contributed by atoms with Gasteiger partial charge in [-0.1, -0.05) is 36.4 Å². The minimum atomic E-state index is -5.08. The van der Waals surface area contributed by atoms with Crippen molar-refractivity contribution in [3.63, 3.8) is 0 Å². The Balaban J connectivity index is 0.000000821. The molecule has 1 aliphatic rings. The molecule has 0 radical (unpaired) electrons. The topological polar surface area (TPSA) is 214 Å². The van der Waals surface area contributed by atoms with Crippen LogP contribution in [-0.4, -0.2) is 83.7 Å². The Morgan fingerprint density at radius 2 is 1.72 bits per heavy atom. The molecule has 1 heterocycles. The predicted octanol–water partition coefficient (Wildman–Crippen LogP) is 2.10. The number of hydrogen-bond acceptors (Lipinski definition) is 9. The molecule has 2 aromatic rings. The number of carboxylic acid groups (broad SMARTS) is 2. The summed E-state index contributed by atoms with van der Waals surface area (Å²) in [7, 11) is -1.52. The van der Waals surface area contributed by atoms with Gasteiger partial charge in [0.2, 0.25) is 6.04 Å². The summed E-state index contributed by atoms with van der Waals surface area (Å²) in [4.78, 5) is 39.5. The molecule has 17 heteroatoms. The van der Waals surface area contributed by atoms with E-state index in [1.54, 1.807) is 43.3 Å². The summed E-state index contributed by atoms with van der Waals surface area (Å²) in [5.41, 5.74) is 7.68. The molecule has 1 unspecified atom stereocenters. The van der Waals surface area contributed by atoms with Crippen molar-refractivity contribution in [3.05, 3.63) is 65.2 Å². The van der Waals surface area contributed by atoms with E-state index >= 15 is 0 Å². The number of halogens is 3. The number of sulfonamides is 1. The van der Waals surface area contributed by atoms with Crippen molar-refractivity contribution in [2.24, 2.45) is 11.6 Å². The number of quaternary nitrogens is 1. The van der Waals surface area contributed by atoms with Crippen LogP contribution in [0.4, 0.5) is 13.2 Å². The Morgan fingerprint density at radius 3 is 2.19 bits per heavy atom. The van der Waals surface area contributed by atoms with Gasteiger partial charge >= 0.3 is 28.1 Å². The maximum Gasteiger partial charge on any atom is 0.490 e. The third-order valence-electron chi connectivity index (χ3n) is 6.67. The average Bonchev–Trinajstić information content (AvgIpc) is 3.26. The highest BCUT2D eigenvalue weighted by atomic mass is 32.2. The molecule has 0 saturated carbocycles. The lowest BCUT2D eigenvalue weighted by atomic mass is 9.97. The van der Waals surface area contributed by atoms with Crippen molar-refractivity contribution in [2.75, 3.05) is 14.1 Å². The number of carbonyl (C=O) groups excluding carboxylic acids is 1. The Hall–Kier alpha value is -3.90. The highest BCUT2D eigenvalue weighted by Crippen LogP contribution is 2.35. The second-order valence-corrected chi connectivity index (χ2v) is 12.2. The van der Waals surface area contributed by atoms with Gasteiger partial charge in [0.25, 0.3) is 0 Å². The zero-order valence-electron chi connectivity index (χ0n) is 23.4. The summed E-state index contributed by atoms with van der Waals surface area (Å²) in [6.07, 6.45) is -5.80. The monoisotopic (exact) mass is 632 g/mol. The average molecular weight is 633 g/mol. The van der Waals surface area contributed by atoms with Gasteiger partial charge in [0, 0.05) is 19.0 Å². The van der Waals surface area contributed by atoms with E-state index < -0.39 is 56.5 Å². The number of nitrogens with one attached hydrogen (secondary N) is 1. The Kier molecular flexibility index (Phi) is 11.2. The number of benzene rings is 2. The first kappa shape index (κ1) is 35.3. The standard InChI is InChI=1S/C24H31N5O6S.C2HF3O2/c1-15-5-4-6-20(11-15)36(33,34)29(3,27)22(24(31)32)13-18(30)12-19-14-21(28(2)35-19)16-7-9-17(10-8-16)23(25)26;3-2(4,5)1(6)7/h4-11,19,21-22H,12-14,27H2,1-3H3,(H3-,25,26,31,32);(H,6,7)/p+1/t19-,21+,22+,29?;/m1./s1. The van der Waals surface area contributed by atoms with Crippen LogP contribution in [0.2, 0.25) is 0 Å². The van der Waals surface area contributed by atoms with E-state index in [4.69, 9.17) is 31.7 Å². The van der Waals surface area contributed by atoms with Crippen molar-refractivity contribution < 1.29 is 55.0 Å². The van der Waals surface area contributed by atoms with Crippen molar-refractivity contribution >= 4 is 33.6 Å². The van der Waals surface area contributed by atoms with Crippen LogP contribution in [-0.2, 0) is 29.2 Å². The van der Waals surface area contributed by atoms with E-state index in [-0.39, 0.29) is 23.2 Å². The summed E-state index contributed by atoms with van der Waals surface area (Å²) >= 11 is 0. The molecule has 0 spiro atoms. The van der Waals surface area contributed by atoms with E-state index in [0.717, 1.165) is 12.6 Å². The maximum atomic E-state index is 13.2. The predicted molar refractivity (Wildman–Crippen MR) is 146 cm³/mol. The Bertz CT molecular complexity index is 1470. The number of alkyl halides is 3. The van der Waals surface area contributed by atoms with Crippen LogP contribution in [0.15, 0.2) is 53.4 Å². The molecule has 43 heavy (non-hydrogen) atoms. The van der Waals surface area contributed by atoms with Gasteiger partial charge in [-0.3, -0.25) is 15.0 Å². The highest BCUT2D eigenvalue weighted by molar-refractivity contribution is 7.86. The number of carboxylic acids is 2. The molecule has 3 rings (SSSR count). The van der Waals surface area contributed by atoms with Crippen LogP contribution >= 0.6 is 0 Å². The number of carbonyl (C=O) groups is 3. The van der Waals surface area contributed by atoms with Crippen LogP contribution in [0.25, 0.3) is 0 Å². The molecular weight excluding hydrogens is 599 g/mol. The number of nitrogens with two attached hydrogens (primary N) is 2. The van der Waals surface area contributed by atoms with Crippen LogP contribution in [0.3, 0.4) is 0 Å². The fourth-order valence-corrected chi connectivity index (χ4v) is 5.85. The van der Waals surface area contributed by atoms with Crippen LogP contribution in [0.1, 0.15) is 42.0 Å². The lowest BCUT2D eigenvalue weighted by Gasteiger charge is -2.32. The lowest BCUT2D eigenvalue weighted by molar-refractivity contribution is -0.815. The number of aryl methyl sites for hydroxylation is 1. The third-order valence-corrected chi connectivity index (χ3v) is 8.81. The number of hydroxylamine groups is 2. The summed E-state index contributed by atoms with van der Waals surface area (Å²) in [5.74, 6) is 1.33. The molecule has 2 aromatic carbocycles. The number of Topliss-reactive ketones (excluding diaryl/α,β-unsaturated/α-hetero) is 1. The number of nitrogen functional groups attached to an aromatic ring is 1. The SMILES string of the molecule is Cc1cccc(S(=O)(=O)[N+](C)(N)[C@@H](CC(=O)C[C@@H]2C[C@@H](c3ccc(C(=N)N)cc3)N(C)O2)C(=O)O)c1.O=C(O)C(F)(F)F. The van der Waals surface area contributed by atoms with Crippen molar-refractivity contribution in [3.8, 4) is 0 Å². The zero-order chi connectivity index (χ0) is 32.9. The minimum absolute atomic E-state index is 0.0382. The van der Waals surface area contributed by atoms with Gasteiger partial charge in [0.15, 0.2) is 0 Å². The smallest absolute Gasteiger partial charge is 0.477 e. The largest absolute Gasteiger partial charge is 0.490 e.